The molecule has 1 aromatic rings. The number of β-lactam (4-membered cyclic amide) rings is 1. The molecular weight excluding hydrogens is 368 g/mol. The minimum absolute atomic E-state index is 0.0256. The number of carbonyl (C=O) groups is 4. The number of benzene rings is 1. The predicted octanol–water partition coefficient (Wildman–Crippen LogP) is 1.61. The minimum atomic E-state index is -1.19. The van der Waals surface area contributed by atoms with Gasteiger partial charge in [-0.3, -0.25) is 19.3 Å². The van der Waals surface area contributed by atoms with Crippen molar-refractivity contribution in [3.63, 3.8) is 0 Å². The first-order valence-electron chi connectivity index (χ1n) is 7.50. The van der Waals surface area contributed by atoms with Crippen LogP contribution in [0.25, 0.3) is 0 Å². The lowest BCUT2D eigenvalue weighted by atomic mass is 9.94. The third-order valence-electron chi connectivity index (χ3n) is 4.48. The number of carboxylic acids is 1. The van der Waals surface area contributed by atoms with Crippen molar-refractivity contribution < 1.29 is 24.3 Å². The molecule has 132 valence electrons. The van der Waals surface area contributed by atoms with Crippen molar-refractivity contribution in [2.45, 2.75) is 30.7 Å². The highest BCUT2D eigenvalue weighted by Crippen LogP contribution is 2.38. The van der Waals surface area contributed by atoms with Crippen molar-refractivity contribution >= 4 is 45.3 Å². The Hall–Kier alpha value is -2.06. The van der Waals surface area contributed by atoms with Crippen LogP contribution in [-0.4, -0.2) is 62.0 Å². The molecule has 2 atom stereocenters. The number of fused-ring (bicyclic) bond motifs is 1. The van der Waals surface area contributed by atoms with Gasteiger partial charge in [0.2, 0.25) is 5.91 Å². The van der Waals surface area contributed by atoms with E-state index in [1.807, 2.05) is 0 Å². The van der Waals surface area contributed by atoms with E-state index in [1.54, 1.807) is 26.0 Å². The summed E-state index contributed by atoms with van der Waals surface area (Å²) >= 11 is 0. The van der Waals surface area contributed by atoms with Crippen molar-refractivity contribution in [2.75, 3.05) is 6.54 Å². The van der Waals surface area contributed by atoms with Crippen molar-refractivity contribution in [3.8, 4) is 0 Å². The zero-order valence-corrected chi connectivity index (χ0v) is 15.0. The number of carboxylic acid groups (broad SMARTS) is 1. The molecule has 25 heavy (non-hydrogen) atoms. The van der Waals surface area contributed by atoms with Crippen LogP contribution < -0.4 is 0 Å². The van der Waals surface area contributed by atoms with E-state index in [1.165, 1.54) is 12.1 Å². The summed E-state index contributed by atoms with van der Waals surface area (Å²) in [7, 11) is 6.59. The zero-order valence-electron chi connectivity index (χ0n) is 13.4. The quantitative estimate of drug-likeness (QED) is 0.614. The fourth-order valence-corrected chi connectivity index (χ4v) is 3.76. The molecule has 2 aliphatic rings. The molecule has 1 N–H and O–H groups in total. The summed E-state index contributed by atoms with van der Waals surface area (Å²) in [5.74, 6) is -2.82. The number of halogens is 1. The second-order valence-corrected chi connectivity index (χ2v) is 8.12. The summed E-state index contributed by atoms with van der Waals surface area (Å²) in [5.41, 5.74) is 0.510. The SMILES string of the molecule is CC(C)(SCl)C(C(=O)O)N1CC(N2C(=O)c3ccccc3C2=O)C1=O. The van der Waals surface area contributed by atoms with Gasteiger partial charge in [-0.25, -0.2) is 4.79 Å². The molecule has 0 spiro atoms. The van der Waals surface area contributed by atoms with Gasteiger partial charge < -0.3 is 10.0 Å². The first-order valence-corrected chi connectivity index (χ1v) is 9.15. The van der Waals surface area contributed by atoms with E-state index in [0.717, 1.165) is 20.8 Å². The second-order valence-electron chi connectivity index (χ2n) is 6.45. The highest BCUT2D eigenvalue weighted by molar-refractivity contribution is 8.22. The molecule has 9 heteroatoms. The van der Waals surface area contributed by atoms with Crippen LogP contribution in [0.1, 0.15) is 34.6 Å². The van der Waals surface area contributed by atoms with Crippen LogP contribution in [0.4, 0.5) is 0 Å². The maximum atomic E-state index is 12.6. The Kier molecular flexibility index (Phi) is 4.28. The molecule has 2 heterocycles. The fourth-order valence-electron chi connectivity index (χ4n) is 3.20. The number of aliphatic carboxylic acids is 1. The summed E-state index contributed by atoms with van der Waals surface area (Å²) in [6.45, 7) is 3.21. The first kappa shape index (κ1) is 17.8. The average Bonchev–Trinajstić information content (AvgIpc) is 2.82. The Bertz CT molecular complexity index is 761. The normalized spacial score (nSPS) is 21.2. The predicted molar refractivity (Wildman–Crippen MR) is 91.4 cm³/mol. The molecule has 1 aromatic carbocycles. The van der Waals surface area contributed by atoms with E-state index in [9.17, 15) is 24.3 Å². The molecule has 3 rings (SSSR count). The molecule has 1 saturated heterocycles. The van der Waals surface area contributed by atoms with Gasteiger partial charge in [0.05, 0.1) is 22.4 Å². The number of likely N-dealkylation sites (tertiary alicyclic amines) is 1. The van der Waals surface area contributed by atoms with E-state index >= 15 is 0 Å². The fraction of sp³-hybridized carbons (Fsp3) is 0.375. The topological polar surface area (TPSA) is 95.0 Å². The van der Waals surface area contributed by atoms with Crippen LogP contribution in [0.5, 0.6) is 0 Å². The average molecular weight is 383 g/mol. The van der Waals surface area contributed by atoms with Gasteiger partial charge >= 0.3 is 5.97 Å². The van der Waals surface area contributed by atoms with Gasteiger partial charge in [0.25, 0.3) is 11.8 Å². The van der Waals surface area contributed by atoms with E-state index in [-0.39, 0.29) is 17.7 Å². The van der Waals surface area contributed by atoms with Crippen LogP contribution >= 0.6 is 21.7 Å². The summed E-state index contributed by atoms with van der Waals surface area (Å²) in [4.78, 5) is 51.1. The molecule has 0 bridgehead atoms. The van der Waals surface area contributed by atoms with E-state index in [4.69, 9.17) is 10.7 Å². The van der Waals surface area contributed by atoms with Gasteiger partial charge in [-0.1, -0.05) is 12.1 Å². The Balaban J connectivity index is 1.83. The largest absolute Gasteiger partial charge is 0.480 e. The maximum absolute atomic E-state index is 12.6. The summed E-state index contributed by atoms with van der Waals surface area (Å²) in [6.07, 6.45) is 0. The monoisotopic (exact) mass is 382 g/mol. The number of rotatable bonds is 5. The smallest absolute Gasteiger partial charge is 0.327 e. The standard InChI is InChI=1S/C16H15ClN2O5S/c1-16(2,25-17)11(15(23)24)18-7-10(14(18)22)19-12(20)8-5-3-4-6-9(8)13(19)21/h3-6,10-11H,7H2,1-2H3,(H,23,24). The van der Waals surface area contributed by atoms with E-state index in [2.05, 4.69) is 0 Å². The number of hydrogen-bond acceptors (Lipinski definition) is 5. The number of imide groups is 1. The molecule has 3 amide bonds. The lowest BCUT2D eigenvalue weighted by Gasteiger charge is -2.48. The Morgan fingerprint density at radius 3 is 2.16 bits per heavy atom. The van der Waals surface area contributed by atoms with Crippen molar-refractivity contribution in [3.05, 3.63) is 35.4 Å². The van der Waals surface area contributed by atoms with Crippen molar-refractivity contribution in [2.24, 2.45) is 0 Å². The molecule has 7 nitrogen and oxygen atoms in total. The molecule has 0 saturated carbocycles. The van der Waals surface area contributed by atoms with E-state index in [0.29, 0.717) is 0 Å². The highest BCUT2D eigenvalue weighted by Gasteiger charge is 2.55. The third-order valence-corrected chi connectivity index (χ3v) is 6.29. The number of hydrogen-bond donors (Lipinski definition) is 1. The Morgan fingerprint density at radius 1 is 1.24 bits per heavy atom. The molecule has 2 unspecified atom stereocenters. The second kappa shape index (κ2) is 6.03. The molecule has 0 radical (unpaired) electrons. The van der Waals surface area contributed by atoms with Gasteiger partial charge in [-0.2, -0.15) is 0 Å². The third kappa shape index (κ3) is 2.60. The van der Waals surface area contributed by atoms with Crippen LogP contribution in [0, 0.1) is 0 Å². The Morgan fingerprint density at radius 2 is 1.76 bits per heavy atom. The number of carbonyl (C=O) groups excluding carboxylic acids is 3. The highest BCUT2D eigenvalue weighted by atomic mass is 35.7. The van der Waals surface area contributed by atoms with Gasteiger partial charge in [-0.05, 0) is 47.6 Å². The summed E-state index contributed by atoms with van der Waals surface area (Å²) in [5, 5.41) is 9.48. The molecule has 1 fully saturated rings. The lowest BCUT2D eigenvalue weighted by Crippen LogP contribution is -2.71. The number of nitrogens with zero attached hydrogens (tertiary/aromatic N) is 2. The van der Waals surface area contributed by atoms with Gasteiger partial charge in [0.1, 0.15) is 12.1 Å². The summed E-state index contributed by atoms with van der Waals surface area (Å²) < 4.78 is -0.935. The van der Waals surface area contributed by atoms with Crippen molar-refractivity contribution in [1.29, 1.82) is 0 Å². The van der Waals surface area contributed by atoms with Crippen LogP contribution in [0.15, 0.2) is 24.3 Å². The maximum Gasteiger partial charge on any atom is 0.327 e. The molecule has 2 aliphatic heterocycles. The molecular formula is C16H15ClN2O5S. The lowest BCUT2D eigenvalue weighted by molar-refractivity contribution is -0.162. The van der Waals surface area contributed by atoms with Gasteiger partial charge in [0.15, 0.2) is 0 Å². The van der Waals surface area contributed by atoms with Crippen molar-refractivity contribution in [1.82, 2.24) is 9.80 Å². The molecule has 0 aromatic heterocycles. The van der Waals surface area contributed by atoms with Gasteiger partial charge in [-0.15, -0.1) is 0 Å². The summed E-state index contributed by atoms with van der Waals surface area (Å²) in [6, 6.07) is 4.21. The Labute approximate surface area is 152 Å². The molecule has 0 aliphatic carbocycles. The van der Waals surface area contributed by atoms with Crippen LogP contribution in [0.2, 0.25) is 0 Å². The van der Waals surface area contributed by atoms with Gasteiger partial charge in [0, 0.05) is 0 Å². The zero-order chi connectivity index (χ0) is 18.5. The van der Waals surface area contributed by atoms with Crippen LogP contribution in [0.3, 0.4) is 0 Å². The van der Waals surface area contributed by atoms with Crippen LogP contribution in [-0.2, 0) is 9.59 Å². The first-order chi connectivity index (χ1) is 11.7. The van der Waals surface area contributed by atoms with E-state index < -0.39 is 40.5 Å². The minimum Gasteiger partial charge on any atom is -0.480 e. The number of amides is 3.